The molecule has 0 atom stereocenters. The molecule has 0 saturated heterocycles. The maximum Gasteiger partial charge on any atom is 0.225 e. The third-order valence-electron chi connectivity index (χ3n) is 2.91. The molecule has 8 heteroatoms. The summed E-state index contributed by atoms with van der Waals surface area (Å²) in [5, 5.41) is 9.76. The van der Waals surface area contributed by atoms with Crippen LogP contribution in [0.5, 0.6) is 0 Å². The van der Waals surface area contributed by atoms with Crippen molar-refractivity contribution in [3.63, 3.8) is 0 Å². The molecule has 2 heterocycles. The van der Waals surface area contributed by atoms with Gasteiger partial charge in [-0.25, -0.2) is 18.2 Å². The molecule has 0 aliphatic rings. The molecular weight excluding hydrogens is 283 g/mol. The van der Waals surface area contributed by atoms with Gasteiger partial charge in [-0.05, 0) is 13.0 Å². The fraction of sp³-hybridized carbons (Fsp3) is 0.154. The minimum absolute atomic E-state index is 0.140. The Balaban J connectivity index is 2.28. The van der Waals surface area contributed by atoms with Crippen molar-refractivity contribution in [1.82, 2.24) is 20.2 Å². The van der Waals surface area contributed by atoms with E-state index in [1.165, 1.54) is 6.20 Å². The summed E-state index contributed by atoms with van der Waals surface area (Å²) in [5.74, 6) is -3.06. The van der Waals surface area contributed by atoms with Crippen molar-refractivity contribution < 1.29 is 13.2 Å². The highest BCUT2D eigenvalue weighted by Crippen LogP contribution is 2.29. The fourth-order valence-electron chi connectivity index (χ4n) is 1.98. The number of nitrogens with zero attached hydrogens (tertiary/aromatic N) is 3. The lowest BCUT2D eigenvalue weighted by atomic mass is 10.1. The summed E-state index contributed by atoms with van der Waals surface area (Å²) in [5.41, 5.74) is 0.364. The number of hydrogen-bond acceptors (Lipinski definition) is 4. The number of hydrogen-bond donors (Lipinski definition) is 2. The standard InChI is InChI=1S/C13H10F3N5/c1-2-17-13-19-11(7-5-18-21-12(7)20-13)6-3-9(15)10(16)4-8(6)14/h3-5H,2H2,1H3,(H2,17,18,19,20,21). The van der Waals surface area contributed by atoms with Gasteiger partial charge in [-0.2, -0.15) is 10.1 Å². The van der Waals surface area contributed by atoms with E-state index in [0.717, 1.165) is 6.07 Å². The third-order valence-corrected chi connectivity index (χ3v) is 2.91. The van der Waals surface area contributed by atoms with Crippen molar-refractivity contribution in [2.24, 2.45) is 0 Å². The molecule has 0 aliphatic carbocycles. The van der Waals surface area contributed by atoms with E-state index < -0.39 is 17.5 Å². The van der Waals surface area contributed by atoms with Gasteiger partial charge in [-0.3, -0.25) is 5.10 Å². The zero-order valence-electron chi connectivity index (χ0n) is 10.9. The number of rotatable bonds is 3. The molecule has 5 nitrogen and oxygen atoms in total. The van der Waals surface area contributed by atoms with E-state index in [9.17, 15) is 13.2 Å². The molecule has 0 aliphatic heterocycles. The van der Waals surface area contributed by atoms with Gasteiger partial charge in [0.2, 0.25) is 5.95 Å². The first-order chi connectivity index (χ1) is 10.1. The lowest BCUT2D eigenvalue weighted by Crippen LogP contribution is -2.04. The van der Waals surface area contributed by atoms with Gasteiger partial charge < -0.3 is 5.32 Å². The molecule has 1 aromatic carbocycles. The molecule has 3 aromatic rings. The summed E-state index contributed by atoms with van der Waals surface area (Å²) in [6, 6.07) is 1.26. The van der Waals surface area contributed by atoms with Crippen LogP contribution in [0.1, 0.15) is 6.92 Å². The number of benzene rings is 1. The molecule has 108 valence electrons. The van der Waals surface area contributed by atoms with Gasteiger partial charge in [0.05, 0.1) is 17.3 Å². The number of aromatic nitrogens is 4. The number of aromatic amines is 1. The maximum atomic E-state index is 13.9. The first kappa shape index (κ1) is 13.3. The van der Waals surface area contributed by atoms with E-state index in [1.54, 1.807) is 0 Å². The van der Waals surface area contributed by atoms with Crippen molar-refractivity contribution in [2.45, 2.75) is 6.92 Å². The molecule has 0 fully saturated rings. The molecule has 21 heavy (non-hydrogen) atoms. The van der Waals surface area contributed by atoms with Gasteiger partial charge >= 0.3 is 0 Å². The van der Waals surface area contributed by atoms with Crippen molar-refractivity contribution >= 4 is 17.0 Å². The minimum Gasteiger partial charge on any atom is -0.354 e. The van der Waals surface area contributed by atoms with Gasteiger partial charge in [-0.15, -0.1) is 0 Å². The predicted octanol–water partition coefficient (Wildman–Crippen LogP) is 2.87. The Kier molecular flexibility index (Phi) is 3.20. The normalized spacial score (nSPS) is 11.0. The summed E-state index contributed by atoms with van der Waals surface area (Å²) >= 11 is 0. The number of fused-ring (bicyclic) bond motifs is 1. The Morgan fingerprint density at radius 1 is 1.10 bits per heavy atom. The molecular formula is C13H10F3N5. The molecule has 0 amide bonds. The van der Waals surface area contributed by atoms with Crippen LogP contribution < -0.4 is 5.32 Å². The van der Waals surface area contributed by atoms with Gasteiger partial charge in [0.1, 0.15) is 5.82 Å². The lowest BCUT2D eigenvalue weighted by Gasteiger charge is -2.08. The number of H-pyrrole nitrogens is 1. The molecule has 0 spiro atoms. The molecule has 2 N–H and O–H groups in total. The summed E-state index contributed by atoms with van der Waals surface area (Å²) in [4.78, 5) is 8.30. The molecule has 0 saturated carbocycles. The number of halogens is 3. The van der Waals surface area contributed by atoms with Crippen LogP contribution in [0.15, 0.2) is 18.3 Å². The lowest BCUT2D eigenvalue weighted by molar-refractivity contribution is 0.496. The Bertz CT molecular complexity index is 815. The monoisotopic (exact) mass is 293 g/mol. The average Bonchev–Trinajstić information content (AvgIpc) is 2.91. The fourth-order valence-corrected chi connectivity index (χ4v) is 1.98. The van der Waals surface area contributed by atoms with Crippen LogP contribution >= 0.6 is 0 Å². The second-order valence-electron chi connectivity index (χ2n) is 4.30. The smallest absolute Gasteiger partial charge is 0.225 e. The zero-order chi connectivity index (χ0) is 15.0. The summed E-state index contributed by atoms with van der Waals surface area (Å²) < 4.78 is 40.4. The Morgan fingerprint density at radius 3 is 2.62 bits per heavy atom. The van der Waals surface area contributed by atoms with Crippen molar-refractivity contribution in [3.8, 4) is 11.3 Å². The van der Waals surface area contributed by atoms with E-state index in [1.807, 2.05) is 6.92 Å². The second kappa shape index (κ2) is 5.04. The molecule has 3 rings (SSSR count). The zero-order valence-corrected chi connectivity index (χ0v) is 10.9. The van der Waals surface area contributed by atoms with Crippen LogP contribution in [0.2, 0.25) is 0 Å². The molecule has 2 aromatic heterocycles. The predicted molar refractivity (Wildman–Crippen MR) is 71.2 cm³/mol. The highest BCUT2D eigenvalue weighted by Gasteiger charge is 2.17. The third kappa shape index (κ3) is 2.28. The molecule has 0 bridgehead atoms. The largest absolute Gasteiger partial charge is 0.354 e. The van der Waals surface area contributed by atoms with E-state index in [2.05, 4.69) is 25.5 Å². The quantitative estimate of drug-likeness (QED) is 0.729. The Morgan fingerprint density at radius 2 is 1.86 bits per heavy atom. The molecule has 0 unspecified atom stereocenters. The van der Waals surface area contributed by atoms with Crippen LogP contribution in [0.4, 0.5) is 19.1 Å². The number of anilines is 1. The van der Waals surface area contributed by atoms with Gasteiger partial charge in [-0.1, -0.05) is 0 Å². The van der Waals surface area contributed by atoms with Crippen LogP contribution in [-0.2, 0) is 0 Å². The van der Waals surface area contributed by atoms with Crippen LogP contribution in [-0.4, -0.2) is 26.7 Å². The summed E-state index contributed by atoms with van der Waals surface area (Å²) in [6.45, 7) is 2.40. The van der Waals surface area contributed by atoms with E-state index >= 15 is 0 Å². The highest BCUT2D eigenvalue weighted by atomic mass is 19.2. The van der Waals surface area contributed by atoms with Gasteiger partial charge in [0, 0.05) is 18.2 Å². The highest BCUT2D eigenvalue weighted by molar-refractivity contribution is 5.90. The first-order valence-electron chi connectivity index (χ1n) is 6.20. The second-order valence-corrected chi connectivity index (χ2v) is 4.30. The van der Waals surface area contributed by atoms with E-state index in [4.69, 9.17) is 0 Å². The minimum atomic E-state index is -1.25. The Labute approximate surface area is 117 Å². The van der Waals surface area contributed by atoms with Crippen molar-refractivity contribution in [3.05, 3.63) is 35.8 Å². The topological polar surface area (TPSA) is 66.5 Å². The van der Waals surface area contributed by atoms with Gasteiger partial charge in [0.25, 0.3) is 0 Å². The van der Waals surface area contributed by atoms with Crippen LogP contribution in [0.25, 0.3) is 22.3 Å². The average molecular weight is 293 g/mol. The first-order valence-corrected chi connectivity index (χ1v) is 6.20. The van der Waals surface area contributed by atoms with Gasteiger partial charge in [0.15, 0.2) is 17.3 Å². The van der Waals surface area contributed by atoms with Crippen LogP contribution in [0, 0.1) is 17.5 Å². The van der Waals surface area contributed by atoms with Crippen molar-refractivity contribution in [2.75, 3.05) is 11.9 Å². The Hall–Kier alpha value is -2.64. The molecule has 0 radical (unpaired) electrons. The van der Waals surface area contributed by atoms with Crippen molar-refractivity contribution in [1.29, 1.82) is 0 Å². The maximum absolute atomic E-state index is 13.9. The summed E-state index contributed by atoms with van der Waals surface area (Å²) in [6.07, 6.45) is 1.40. The number of nitrogens with one attached hydrogen (secondary N) is 2. The van der Waals surface area contributed by atoms with E-state index in [0.29, 0.717) is 23.6 Å². The van der Waals surface area contributed by atoms with Crippen LogP contribution in [0.3, 0.4) is 0 Å². The summed E-state index contributed by atoms with van der Waals surface area (Å²) in [7, 11) is 0. The van der Waals surface area contributed by atoms with E-state index in [-0.39, 0.29) is 17.2 Å². The SMILES string of the molecule is CCNc1nc(-c2cc(F)c(F)cc2F)c2cn[nH]c2n1.